The fourth-order valence-electron chi connectivity index (χ4n) is 2.74. The van der Waals surface area contributed by atoms with Gasteiger partial charge in [-0.25, -0.2) is 4.98 Å². The lowest BCUT2D eigenvalue weighted by atomic mass is 10.1. The first kappa shape index (κ1) is 11.4. The second-order valence-electron chi connectivity index (χ2n) is 4.78. The van der Waals surface area contributed by atoms with Gasteiger partial charge in [0.1, 0.15) is 0 Å². The average Bonchev–Trinajstić information content (AvgIpc) is 3.01. The topological polar surface area (TPSA) is 44.0 Å². The summed E-state index contributed by atoms with van der Waals surface area (Å²) in [6, 6.07) is 8.18. The van der Waals surface area contributed by atoms with Gasteiger partial charge in [-0.1, -0.05) is 12.1 Å². The highest BCUT2D eigenvalue weighted by Gasteiger charge is 2.31. The van der Waals surface area contributed by atoms with E-state index < -0.39 is 0 Å². The normalized spacial score (nSPS) is 21.4. The van der Waals surface area contributed by atoms with Crippen LogP contribution in [-0.2, 0) is 0 Å². The maximum absolute atomic E-state index is 4.64. The standard InChI is InChI=1S/C13H14N4.ClH/c1-2-4-12-11(3-1)15-13(16-12)17-7-9-5-14-6-10(9)8-17;/h1-5,10,14H,6-8H2,(H,15,16);1H. The molecule has 1 fully saturated rings. The molecule has 0 radical (unpaired) electrons. The van der Waals surface area contributed by atoms with Crippen molar-refractivity contribution in [1.29, 1.82) is 0 Å². The van der Waals surface area contributed by atoms with Gasteiger partial charge in [-0.3, -0.25) is 0 Å². The lowest BCUT2D eigenvalue weighted by Crippen LogP contribution is -2.24. The van der Waals surface area contributed by atoms with Crippen LogP contribution in [0, 0.1) is 5.92 Å². The third-order valence-electron chi connectivity index (χ3n) is 3.67. The minimum Gasteiger partial charge on any atom is -0.390 e. The van der Waals surface area contributed by atoms with E-state index in [0.29, 0.717) is 5.92 Å². The number of H-pyrrole nitrogens is 1. The van der Waals surface area contributed by atoms with Gasteiger partial charge >= 0.3 is 0 Å². The third kappa shape index (κ3) is 1.64. The molecule has 1 atom stereocenters. The Kier molecular flexibility index (Phi) is 2.67. The van der Waals surface area contributed by atoms with Crippen LogP contribution < -0.4 is 10.2 Å². The van der Waals surface area contributed by atoms with Crippen LogP contribution in [0.1, 0.15) is 0 Å². The molecule has 2 N–H and O–H groups in total. The number of nitrogens with one attached hydrogen (secondary N) is 2. The molecule has 4 nitrogen and oxygen atoms in total. The molecular formula is C13H15ClN4. The number of aromatic amines is 1. The van der Waals surface area contributed by atoms with E-state index in [1.807, 2.05) is 18.2 Å². The van der Waals surface area contributed by atoms with Crippen LogP contribution >= 0.6 is 12.4 Å². The number of hydrogen-bond acceptors (Lipinski definition) is 3. The smallest absolute Gasteiger partial charge is 0.204 e. The Hall–Kier alpha value is -1.68. The number of benzene rings is 1. The second-order valence-corrected chi connectivity index (χ2v) is 4.78. The number of imidazole rings is 1. The fraction of sp³-hybridized carbons (Fsp3) is 0.308. The molecule has 3 heterocycles. The Morgan fingerprint density at radius 3 is 3.00 bits per heavy atom. The predicted octanol–water partition coefficient (Wildman–Crippen LogP) is 1.91. The van der Waals surface area contributed by atoms with E-state index in [2.05, 4.69) is 32.5 Å². The first-order valence-electron chi connectivity index (χ1n) is 6.02. The summed E-state index contributed by atoms with van der Waals surface area (Å²) in [7, 11) is 0. The summed E-state index contributed by atoms with van der Waals surface area (Å²) in [5, 5.41) is 3.30. The van der Waals surface area contributed by atoms with Crippen LogP contribution in [0.3, 0.4) is 0 Å². The van der Waals surface area contributed by atoms with Crippen LogP contribution in [0.15, 0.2) is 36.0 Å². The molecule has 2 aliphatic rings. The molecule has 94 valence electrons. The van der Waals surface area contributed by atoms with Gasteiger partial charge < -0.3 is 15.2 Å². The molecule has 4 rings (SSSR count). The zero-order valence-corrected chi connectivity index (χ0v) is 10.7. The lowest BCUT2D eigenvalue weighted by molar-refractivity contribution is 0.674. The summed E-state index contributed by atoms with van der Waals surface area (Å²) < 4.78 is 0. The zero-order chi connectivity index (χ0) is 11.2. The van der Waals surface area contributed by atoms with Crippen molar-refractivity contribution in [3.05, 3.63) is 36.0 Å². The zero-order valence-electron chi connectivity index (χ0n) is 9.89. The molecule has 0 spiro atoms. The van der Waals surface area contributed by atoms with Crippen LogP contribution in [0.4, 0.5) is 5.95 Å². The minimum atomic E-state index is 0. The molecule has 0 aliphatic carbocycles. The first-order chi connectivity index (χ1) is 8.40. The summed E-state index contributed by atoms with van der Waals surface area (Å²) >= 11 is 0. The van der Waals surface area contributed by atoms with Gasteiger partial charge in [0.2, 0.25) is 5.95 Å². The van der Waals surface area contributed by atoms with Gasteiger partial charge in [-0.15, -0.1) is 12.4 Å². The number of fused-ring (bicyclic) bond motifs is 2. The van der Waals surface area contributed by atoms with E-state index in [4.69, 9.17) is 0 Å². The Labute approximate surface area is 111 Å². The Morgan fingerprint density at radius 2 is 2.17 bits per heavy atom. The molecule has 5 heteroatoms. The summed E-state index contributed by atoms with van der Waals surface area (Å²) in [4.78, 5) is 10.4. The molecule has 1 aromatic carbocycles. The van der Waals surface area contributed by atoms with E-state index >= 15 is 0 Å². The Morgan fingerprint density at radius 1 is 1.28 bits per heavy atom. The van der Waals surface area contributed by atoms with Crippen molar-refractivity contribution in [3.8, 4) is 0 Å². The molecule has 0 bridgehead atoms. The van der Waals surface area contributed by atoms with Crippen LogP contribution in [0.5, 0.6) is 0 Å². The molecule has 0 saturated carbocycles. The summed E-state index contributed by atoms with van der Waals surface area (Å²) in [6.07, 6.45) is 2.16. The number of nitrogens with zero attached hydrogens (tertiary/aromatic N) is 2. The largest absolute Gasteiger partial charge is 0.390 e. The number of halogens is 1. The SMILES string of the molecule is C1=C2CN(c3nc4ccccc4[nH]3)CC2CN1.Cl. The third-order valence-corrected chi connectivity index (χ3v) is 3.67. The highest BCUT2D eigenvalue weighted by atomic mass is 35.5. The molecular weight excluding hydrogens is 248 g/mol. The quantitative estimate of drug-likeness (QED) is 0.825. The van der Waals surface area contributed by atoms with Crippen molar-refractivity contribution in [3.63, 3.8) is 0 Å². The molecule has 1 saturated heterocycles. The highest BCUT2D eigenvalue weighted by Crippen LogP contribution is 2.28. The fourth-order valence-corrected chi connectivity index (χ4v) is 2.74. The highest BCUT2D eigenvalue weighted by molar-refractivity contribution is 5.85. The van der Waals surface area contributed by atoms with Gasteiger partial charge in [-0.05, 0) is 23.9 Å². The molecule has 0 amide bonds. The van der Waals surface area contributed by atoms with Crippen LogP contribution in [0.25, 0.3) is 11.0 Å². The predicted molar refractivity (Wildman–Crippen MR) is 75.1 cm³/mol. The summed E-state index contributed by atoms with van der Waals surface area (Å²) in [6.45, 7) is 3.14. The van der Waals surface area contributed by atoms with E-state index in [1.165, 1.54) is 5.57 Å². The Bertz CT molecular complexity index is 571. The summed E-state index contributed by atoms with van der Waals surface area (Å²) in [5.41, 5.74) is 3.67. The van der Waals surface area contributed by atoms with Gasteiger partial charge in [-0.2, -0.15) is 0 Å². The maximum atomic E-state index is 4.64. The van der Waals surface area contributed by atoms with Crippen LogP contribution in [-0.4, -0.2) is 29.6 Å². The molecule has 1 unspecified atom stereocenters. The molecule has 2 aromatic rings. The van der Waals surface area contributed by atoms with Crippen molar-refractivity contribution in [2.75, 3.05) is 24.5 Å². The number of aromatic nitrogens is 2. The number of para-hydroxylation sites is 2. The van der Waals surface area contributed by atoms with Crippen molar-refractivity contribution in [2.24, 2.45) is 5.92 Å². The Balaban J connectivity index is 0.000001000. The second kappa shape index (κ2) is 4.21. The maximum Gasteiger partial charge on any atom is 0.204 e. The van der Waals surface area contributed by atoms with E-state index in [0.717, 1.165) is 36.6 Å². The minimum absolute atomic E-state index is 0. The van der Waals surface area contributed by atoms with Gasteiger partial charge in [0.25, 0.3) is 0 Å². The monoisotopic (exact) mass is 262 g/mol. The summed E-state index contributed by atoms with van der Waals surface area (Å²) in [5.74, 6) is 1.67. The molecule has 18 heavy (non-hydrogen) atoms. The van der Waals surface area contributed by atoms with Gasteiger partial charge in [0, 0.05) is 25.6 Å². The van der Waals surface area contributed by atoms with Crippen molar-refractivity contribution >= 4 is 29.4 Å². The van der Waals surface area contributed by atoms with Gasteiger partial charge in [0.05, 0.1) is 11.0 Å². The van der Waals surface area contributed by atoms with Crippen molar-refractivity contribution in [2.45, 2.75) is 0 Å². The van der Waals surface area contributed by atoms with E-state index in [9.17, 15) is 0 Å². The lowest BCUT2D eigenvalue weighted by Gasteiger charge is -2.14. The van der Waals surface area contributed by atoms with E-state index in [1.54, 1.807) is 0 Å². The number of anilines is 1. The van der Waals surface area contributed by atoms with Crippen molar-refractivity contribution in [1.82, 2.24) is 15.3 Å². The van der Waals surface area contributed by atoms with Gasteiger partial charge in [0.15, 0.2) is 0 Å². The number of hydrogen-bond donors (Lipinski definition) is 2. The molecule has 2 aliphatic heterocycles. The van der Waals surface area contributed by atoms with Crippen molar-refractivity contribution < 1.29 is 0 Å². The van der Waals surface area contributed by atoms with E-state index in [-0.39, 0.29) is 12.4 Å². The first-order valence-corrected chi connectivity index (χ1v) is 6.02. The van der Waals surface area contributed by atoms with Crippen LogP contribution in [0.2, 0.25) is 0 Å². The average molecular weight is 263 g/mol. The number of rotatable bonds is 1. The molecule has 1 aromatic heterocycles.